The van der Waals surface area contributed by atoms with Crippen LogP contribution in [0.3, 0.4) is 0 Å². The van der Waals surface area contributed by atoms with Crippen LogP contribution in [0, 0.1) is 0 Å². The number of amides is 1. The summed E-state index contributed by atoms with van der Waals surface area (Å²) in [5.74, 6) is 3.10. The molecule has 0 atom stereocenters. The van der Waals surface area contributed by atoms with Crippen molar-refractivity contribution in [1.82, 2.24) is 14.8 Å². The Morgan fingerprint density at radius 2 is 1.78 bits per heavy atom. The predicted octanol–water partition coefficient (Wildman–Crippen LogP) is 4.27. The summed E-state index contributed by atoms with van der Waals surface area (Å²) in [6, 6.07) is 13.3. The van der Waals surface area contributed by atoms with Crippen molar-refractivity contribution in [2.45, 2.75) is 31.5 Å². The number of rotatable bonds is 10. The maximum Gasteiger partial charge on any atom is 0.234 e. The van der Waals surface area contributed by atoms with Crippen LogP contribution in [0.1, 0.15) is 31.2 Å². The second-order valence-corrected chi connectivity index (χ2v) is 8.32. The molecule has 0 aliphatic carbocycles. The Bertz CT molecular complexity index is 1050. The third-order valence-corrected chi connectivity index (χ3v) is 5.87. The normalized spacial score (nSPS) is 10.8. The molecular formula is C23H28N4O4S. The number of nitrogens with zero attached hydrogens (tertiary/aromatic N) is 3. The number of aromatic nitrogens is 3. The van der Waals surface area contributed by atoms with Gasteiger partial charge in [-0.2, -0.15) is 0 Å². The van der Waals surface area contributed by atoms with Crippen molar-refractivity contribution in [3.63, 3.8) is 0 Å². The number of hydrogen-bond donors (Lipinski definition) is 1. The third kappa shape index (κ3) is 5.94. The first-order chi connectivity index (χ1) is 15.4. The first kappa shape index (κ1) is 23.5. The molecule has 1 amide bonds. The number of hydrogen-bond acceptors (Lipinski definition) is 7. The Morgan fingerprint density at radius 1 is 1.06 bits per heavy atom. The van der Waals surface area contributed by atoms with E-state index in [0.717, 1.165) is 5.75 Å². The van der Waals surface area contributed by atoms with Crippen LogP contribution < -0.4 is 19.5 Å². The van der Waals surface area contributed by atoms with E-state index in [4.69, 9.17) is 14.2 Å². The van der Waals surface area contributed by atoms with E-state index in [1.807, 2.05) is 23.7 Å². The molecule has 0 aliphatic heterocycles. The standard InChI is InChI=1S/C23H28N4O4S/c1-15(2)16-6-8-17(9-7-16)31-13-21-25-26-23(27(21)3)32-14-22(28)24-19-12-18(29-4)10-11-20(19)30-5/h6-12,15H,13-14H2,1-5H3,(H,24,28). The summed E-state index contributed by atoms with van der Waals surface area (Å²) in [5, 5.41) is 11.8. The SMILES string of the molecule is COc1ccc(OC)c(NC(=O)CSc2nnc(COc3ccc(C(C)C)cc3)n2C)c1. The quantitative estimate of drug-likeness (QED) is 0.456. The van der Waals surface area contributed by atoms with Gasteiger partial charge in [-0.25, -0.2) is 0 Å². The van der Waals surface area contributed by atoms with Crippen molar-refractivity contribution in [2.75, 3.05) is 25.3 Å². The number of ether oxygens (including phenoxy) is 3. The average Bonchev–Trinajstić information content (AvgIpc) is 3.15. The molecule has 9 heteroatoms. The highest BCUT2D eigenvalue weighted by Gasteiger charge is 2.14. The molecule has 0 saturated heterocycles. The van der Waals surface area contributed by atoms with Crippen LogP contribution in [-0.2, 0) is 18.4 Å². The van der Waals surface area contributed by atoms with Gasteiger partial charge in [0.2, 0.25) is 5.91 Å². The first-order valence-corrected chi connectivity index (χ1v) is 11.2. The molecule has 8 nitrogen and oxygen atoms in total. The van der Waals surface area contributed by atoms with Crippen molar-refractivity contribution >= 4 is 23.4 Å². The Balaban J connectivity index is 1.55. The molecule has 1 aromatic heterocycles. The van der Waals surface area contributed by atoms with E-state index >= 15 is 0 Å². The Labute approximate surface area is 192 Å². The minimum Gasteiger partial charge on any atom is -0.497 e. The number of carbonyl (C=O) groups is 1. The van der Waals surface area contributed by atoms with Gasteiger partial charge < -0.3 is 24.1 Å². The van der Waals surface area contributed by atoms with Gasteiger partial charge in [0.15, 0.2) is 11.0 Å². The molecule has 32 heavy (non-hydrogen) atoms. The molecule has 170 valence electrons. The highest BCUT2D eigenvalue weighted by atomic mass is 32.2. The van der Waals surface area contributed by atoms with E-state index in [9.17, 15) is 4.79 Å². The van der Waals surface area contributed by atoms with Crippen molar-refractivity contribution in [1.29, 1.82) is 0 Å². The number of thioether (sulfide) groups is 1. The number of anilines is 1. The molecule has 3 aromatic rings. The van der Waals surface area contributed by atoms with Crippen LogP contribution in [0.2, 0.25) is 0 Å². The number of carbonyl (C=O) groups excluding carboxylic acids is 1. The molecule has 0 fully saturated rings. The lowest BCUT2D eigenvalue weighted by molar-refractivity contribution is -0.113. The highest BCUT2D eigenvalue weighted by molar-refractivity contribution is 7.99. The van der Waals surface area contributed by atoms with Gasteiger partial charge in [-0.1, -0.05) is 37.7 Å². The molecule has 0 saturated carbocycles. The summed E-state index contributed by atoms with van der Waals surface area (Å²) < 4.78 is 18.2. The zero-order valence-electron chi connectivity index (χ0n) is 18.9. The smallest absolute Gasteiger partial charge is 0.234 e. The van der Waals surface area contributed by atoms with E-state index in [1.54, 1.807) is 32.4 Å². The summed E-state index contributed by atoms with van der Waals surface area (Å²) in [6.07, 6.45) is 0. The highest BCUT2D eigenvalue weighted by Crippen LogP contribution is 2.29. The second-order valence-electron chi connectivity index (χ2n) is 7.37. The van der Waals surface area contributed by atoms with Gasteiger partial charge in [-0.3, -0.25) is 4.79 Å². The van der Waals surface area contributed by atoms with Crippen LogP contribution in [0.4, 0.5) is 5.69 Å². The fraction of sp³-hybridized carbons (Fsp3) is 0.348. The lowest BCUT2D eigenvalue weighted by atomic mass is 10.0. The van der Waals surface area contributed by atoms with Gasteiger partial charge in [0.05, 0.1) is 25.7 Å². The molecule has 0 bridgehead atoms. The molecule has 0 unspecified atom stereocenters. The summed E-state index contributed by atoms with van der Waals surface area (Å²) in [5.41, 5.74) is 1.81. The maximum atomic E-state index is 12.4. The van der Waals surface area contributed by atoms with Crippen LogP contribution in [0.15, 0.2) is 47.6 Å². The van der Waals surface area contributed by atoms with Gasteiger partial charge in [0.25, 0.3) is 0 Å². The monoisotopic (exact) mass is 456 g/mol. The lowest BCUT2D eigenvalue weighted by Crippen LogP contribution is -2.15. The first-order valence-electron chi connectivity index (χ1n) is 10.2. The van der Waals surface area contributed by atoms with Gasteiger partial charge >= 0.3 is 0 Å². The van der Waals surface area contributed by atoms with Crippen LogP contribution >= 0.6 is 11.8 Å². The fourth-order valence-electron chi connectivity index (χ4n) is 2.92. The Morgan fingerprint density at radius 3 is 2.44 bits per heavy atom. The van der Waals surface area contributed by atoms with Crippen LogP contribution in [0.5, 0.6) is 17.2 Å². The van der Waals surface area contributed by atoms with E-state index in [1.165, 1.54) is 17.3 Å². The second kappa shape index (κ2) is 10.9. The van der Waals surface area contributed by atoms with E-state index in [2.05, 4.69) is 41.5 Å². The minimum atomic E-state index is -0.187. The van der Waals surface area contributed by atoms with E-state index < -0.39 is 0 Å². The molecule has 0 radical (unpaired) electrons. The van der Waals surface area contributed by atoms with Gasteiger partial charge in [-0.05, 0) is 35.7 Å². The van der Waals surface area contributed by atoms with Crippen molar-refractivity contribution in [2.24, 2.45) is 7.05 Å². The van der Waals surface area contributed by atoms with E-state index in [0.29, 0.717) is 34.1 Å². The molecule has 2 aromatic carbocycles. The summed E-state index contributed by atoms with van der Waals surface area (Å²) in [6.45, 7) is 4.60. The van der Waals surface area contributed by atoms with Crippen LogP contribution in [0.25, 0.3) is 0 Å². The zero-order chi connectivity index (χ0) is 23.1. The maximum absolute atomic E-state index is 12.4. The Kier molecular flexibility index (Phi) is 7.99. The number of benzene rings is 2. The molecule has 3 rings (SSSR count). The molecule has 1 heterocycles. The summed E-state index contributed by atoms with van der Waals surface area (Å²) in [7, 11) is 4.97. The lowest BCUT2D eigenvalue weighted by Gasteiger charge is -2.11. The van der Waals surface area contributed by atoms with E-state index in [-0.39, 0.29) is 18.3 Å². The van der Waals surface area contributed by atoms with Crippen molar-refractivity contribution in [3.8, 4) is 17.2 Å². The molecule has 0 aliphatic rings. The summed E-state index contributed by atoms with van der Waals surface area (Å²) in [4.78, 5) is 12.4. The molecule has 1 N–H and O–H groups in total. The minimum absolute atomic E-state index is 0.170. The van der Waals surface area contributed by atoms with Crippen molar-refractivity contribution in [3.05, 3.63) is 53.9 Å². The van der Waals surface area contributed by atoms with Gasteiger partial charge in [0, 0.05) is 13.1 Å². The fourth-order valence-corrected chi connectivity index (χ4v) is 3.65. The van der Waals surface area contributed by atoms with Crippen molar-refractivity contribution < 1.29 is 19.0 Å². The summed E-state index contributed by atoms with van der Waals surface area (Å²) >= 11 is 1.30. The zero-order valence-corrected chi connectivity index (χ0v) is 19.7. The largest absolute Gasteiger partial charge is 0.497 e. The van der Waals surface area contributed by atoms with Crippen LogP contribution in [-0.4, -0.2) is 40.6 Å². The molecular weight excluding hydrogens is 428 g/mol. The van der Waals surface area contributed by atoms with Gasteiger partial charge in [0.1, 0.15) is 23.9 Å². The van der Waals surface area contributed by atoms with Gasteiger partial charge in [-0.15, -0.1) is 10.2 Å². The third-order valence-electron chi connectivity index (χ3n) is 4.85. The number of methoxy groups -OCH3 is 2. The topological polar surface area (TPSA) is 87.5 Å². The average molecular weight is 457 g/mol. The predicted molar refractivity (Wildman–Crippen MR) is 125 cm³/mol. The Hall–Kier alpha value is -3.20. The molecule has 0 spiro atoms. The number of nitrogens with one attached hydrogen (secondary N) is 1.